The van der Waals surface area contributed by atoms with E-state index in [0.717, 1.165) is 19.3 Å². The first kappa shape index (κ1) is 32.7. The Morgan fingerprint density at radius 1 is 0.500 bits per heavy atom. The minimum absolute atomic E-state index is 0.624. The lowest BCUT2D eigenvalue weighted by Crippen LogP contribution is -2.29. The monoisotopic (exact) mass is 474 g/mol. The summed E-state index contributed by atoms with van der Waals surface area (Å²) in [7, 11) is 0. The molecule has 0 spiro atoms. The number of hydrogen-bond donors (Lipinski definition) is 1. The number of carboxylic acid groups (broad SMARTS) is 1. The van der Waals surface area contributed by atoms with Crippen LogP contribution in [0.1, 0.15) is 156 Å². The third kappa shape index (κ3) is 19.0. The van der Waals surface area contributed by atoms with Gasteiger partial charge >= 0.3 is 5.97 Å². The van der Waals surface area contributed by atoms with Crippen LogP contribution in [0.25, 0.3) is 0 Å². The maximum absolute atomic E-state index is 12.4. The molecule has 2 heteroatoms. The Morgan fingerprint density at radius 2 is 0.794 bits per heavy atom. The van der Waals surface area contributed by atoms with Crippen molar-refractivity contribution in [3.05, 3.63) is 36.5 Å². The standard InChI is InChI=1S/C32H58O2/c1-4-7-10-13-16-19-22-25-28-32(31(33)34,29-26-23-20-17-14-11-8-5-2)30-27-24-21-18-15-12-9-6-3/h22-27H,4-21,28-30H2,1-3H3,(H,33,34)/b25-22+,26-23+,27-24+. The highest BCUT2D eigenvalue weighted by Crippen LogP contribution is 2.34. The molecule has 0 saturated heterocycles. The molecule has 0 aromatic carbocycles. The summed E-state index contributed by atoms with van der Waals surface area (Å²) in [6, 6.07) is 0. The number of aliphatic carboxylic acids is 1. The van der Waals surface area contributed by atoms with E-state index in [1.54, 1.807) is 0 Å². The van der Waals surface area contributed by atoms with Crippen molar-refractivity contribution in [2.45, 2.75) is 156 Å². The van der Waals surface area contributed by atoms with Crippen LogP contribution >= 0.6 is 0 Å². The van der Waals surface area contributed by atoms with Gasteiger partial charge in [-0.2, -0.15) is 0 Å². The van der Waals surface area contributed by atoms with Crippen molar-refractivity contribution in [3.63, 3.8) is 0 Å². The number of carboxylic acids is 1. The van der Waals surface area contributed by atoms with Crippen molar-refractivity contribution in [3.8, 4) is 0 Å². The molecular weight excluding hydrogens is 416 g/mol. The van der Waals surface area contributed by atoms with Crippen molar-refractivity contribution in [2.75, 3.05) is 0 Å². The van der Waals surface area contributed by atoms with E-state index in [0.29, 0.717) is 19.3 Å². The molecule has 2 nitrogen and oxygen atoms in total. The van der Waals surface area contributed by atoms with Crippen molar-refractivity contribution in [1.82, 2.24) is 0 Å². The predicted molar refractivity (Wildman–Crippen MR) is 151 cm³/mol. The molecule has 0 aliphatic rings. The Balaban J connectivity index is 4.77. The zero-order chi connectivity index (χ0) is 25.2. The summed E-state index contributed by atoms with van der Waals surface area (Å²) in [4.78, 5) is 12.4. The van der Waals surface area contributed by atoms with Gasteiger partial charge in [0.05, 0.1) is 5.41 Å². The van der Waals surface area contributed by atoms with Crippen LogP contribution in [0.5, 0.6) is 0 Å². The molecule has 1 N–H and O–H groups in total. The van der Waals surface area contributed by atoms with Gasteiger partial charge < -0.3 is 5.11 Å². The summed E-state index contributed by atoms with van der Waals surface area (Å²) in [6.07, 6.45) is 37.4. The molecule has 0 rings (SSSR count). The minimum atomic E-state index is -0.712. The number of hydrogen-bond acceptors (Lipinski definition) is 1. The molecule has 198 valence electrons. The fourth-order valence-electron chi connectivity index (χ4n) is 4.39. The van der Waals surface area contributed by atoms with Crippen LogP contribution in [0.3, 0.4) is 0 Å². The van der Waals surface area contributed by atoms with E-state index >= 15 is 0 Å². The van der Waals surface area contributed by atoms with Gasteiger partial charge in [0.1, 0.15) is 0 Å². The summed E-state index contributed by atoms with van der Waals surface area (Å²) in [5.74, 6) is -0.653. The second-order valence-electron chi connectivity index (χ2n) is 10.2. The Bertz CT molecular complexity index is 465. The molecular formula is C32H58O2. The number of allylic oxidation sites excluding steroid dienone is 6. The van der Waals surface area contributed by atoms with Crippen LogP contribution in [-0.4, -0.2) is 11.1 Å². The first-order valence-corrected chi connectivity index (χ1v) is 14.8. The third-order valence-electron chi connectivity index (χ3n) is 6.90. The third-order valence-corrected chi connectivity index (χ3v) is 6.90. The van der Waals surface area contributed by atoms with E-state index in [4.69, 9.17) is 0 Å². The smallest absolute Gasteiger partial charge is 0.310 e. The van der Waals surface area contributed by atoms with Gasteiger partial charge in [-0.3, -0.25) is 4.79 Å². The molecule has 0 atom stereocenters. The zero-order valence-electron chi connectivity index (χ0n) is 23.2. The molecule has 0 saturated carbocycles. The van der Waals surface area contributed by atoms with Gasteiger partial charge in [0.15, 0.2) is 0 Å². The lowest BCUT2D eigenvalue weighted by molar-refractivity contribution is -0.148. The SMILES string of the molecule is CCCCCCC/C=C/CC(C/C=C/CCCCCCC)(C/C=C/CCCCCCC)C(=O)O. The molecule has 0 aromatic rings. The highest BCUT2D eigenvalue weighted by molar-refractivity contribution is 5.75. The number of unbranched alkanes of at least 4 members (excludes halogenated alkanes) is 15. The highest BCUT2D eigenvalue weighted by Gasteiger charge is 2.34. The van der Waals surface area contributed by atoms with Gasteiger partial charge in [-0.1, -0.05) is 134 Å². The lowest BCUT2D eigenvalue weighted by atomic mass is 9.77. The summed E-state index contributed by atoms with van der Waals surface area (Å²) in [5.41, 5.74) is -0.712. The van der Waals surface area contributed by atoms with Gasteiger partial charge in [-0.25, -0.2) is 0 Å². The van der Waals surface area contributed by atoms with E-state index in [9.17, 15) is 9.90 Å². The van der Waals surface area contributed by atoms with Crippen LogP contribution < -0.4 is 0 Å². The number of carbonyl (C=O) groups is 1. The first-order chi connectivity index (χ1) is 16.6. The van der Waals surface area contributed by atoms with Crippen LogP contribution in [0.15, 0.2) is 36.5 Å². The summed E-state index contributed by atoms with van der Waals surface area (Å²) < 4.78 is 0. The van der Waals surface area contributed by atoms with E-state index in [1.165, 1.54) is 96.3 Å². The summed E-state index contributed by atoms with van der Waals surface area (Å²) in [5, 5.41) is 10.2. The maximum atomic E-state index is 12.4. The van der Waals surface area contributed by atoms with Crippen molar-refractivity contribution < 1.29 is 9.90 Å². The molecule has 0 amide bonds. The quantitative estimate of drug-likeness (QED) is 0.105. The molecule has 0 heterocycles. The topological polar surface area (TPSA) is 37.3 Å². The van der Waals surface area contributed by atoms with E-state index in [2.05, 4.69) is 57.2 Å². The first-order valence-electron chi connectivity index (χ1n) is 14.8. The van der Waals surface area contributed by atoms with E-state index in [1.807, 2.05) is 0 Å². The summed E-state index contributed by atoms with van der Waals surface area (Å²) in [6.45, 7) is 6.73. The van der Waals surface area contributed by atoms with Crippen LogP contribution in [0, 0.1) is 5.41 Å². The second-order valence-corrected chi connectivity index (χ2v) is 10.2. The van der Waals surface area contributed by atoms with Gasteiger partial charge in [0.2, 0.25) is 0 Å². The minimum Gasteiger partial charge on any atom is -0.481 e. The van der Waals surface area contributed by atoms with Gasteiger partial charge in [-0.05, 0) is 57.8 Å². The molecule has 0 unspecified atom stereocenters. The zero-order valence-corrected chi connectivity index (χ0v) is 23.2. The Labute approximate surface area is 213 Å². The molecule has 34 heavy (non-hydrogen) atoms. The van der Waals surface area contributed by atoms with E-state index < -0.39 is 11.4 Å². The molecule has 0 aliphatic carbocycles. The highest BCUT2D eigenvalue weighted by atomic mass is 16.4. The fourth-order valence-corrected chi connectivity index (χ4v) is 4.39. The normalized spacial score (nSPS) is 12.6. The van der Waals surface area contributed by atoms with Gasteiger partial charge in [-0.15, -0.1) is 0 Å². The molecule has 0 fully saturated rings. The van der Waals surface area contributed by atoms with Gasteiger partial charge in [0, 0.05) is 0 Å². The predicted octanol–water partition coefficient (Wildman–Crippen LogP) is 11.0. The van der Waals surface area contributed by atoms with Gasteiger partial charge in [0.25, 0.3) is 0 Å². The van der Waals surface area contributed by atoms with Crippen molar-refractivity contribution in [2.24, 2.45) is 5.41 Å². The molecule has 0 aliphatic heterocycles. The average molecular weight is 475 g/mol. The average Bonchev–Trinajstić information content (AvgIpc) is 2.83. The number of rotatable bonds is 25. The Hall–Kier alpha value is -1.31. The van der Waals surface area contributed by atoms with Crippen LogP contribution in [0.2, 0.25) is 0 Å². The largest absolute Gasteiger partial charge is 0.481 e. The molecule has 0 aromatic heterocycles. The lowest BCUT2D eigenvalue weighted by Gasteiger charge is -2.26. The van der Waals surface area contributed by atoms with Crippen molar-refractivity contribution >= 4 is 5.97 Å². The van der Waals surface area contributed by atoms with Crippen molar-refractivity contribution in [1.29, 1.82) is 0 Å². The van der Waals surface area contributed by atoms with E-state index in [-0.39, 0.29) is 0 Å². The second kappa shape index (κ2) is 24.8. The van der Waals surface area contributed by atoms with Crippen LogP contribution in [-0.2, 0) is 4.79 Å². The Morgan fingerprint density at radius 3 is 1.06 bits per heavy atom. The summed E-state index contributed by atoms with van der Waals surface area (Å²) >= 11 is 0. The maximum Gasteiger partial charge on any atom is 0.310 e. The van der Waals surface area contributed by atoms with Crippen LogP contribution in [0.4, 0.5) is 0 Å². The Kier molecular flexibility index (Phi) is 23.8. The molecule has 0 bridgehead atoms. The molecule has 0 radical (unpaired) electrons. The fraction of sp³-hybridized carbons (Fsp3) is 0.781.